The van der Waals surface area contributed by atoms with Gasteiger partial charge in [-0.1, -0.05) is 4.13 Å². The molecule has 5 nitrogen and oxygen atoms in total. The molecular weight excluding hydrogens is 292 g/mol. The van der Waals surface area contributed by atoms with E-state index in [4.69, 9.17) is 0 Å². The Morgan fingerprint density at radius 1 is 0.938 bits per heavy atom. The predicted molar refractivity (Wildman–Crippen MR) is 37.9 cm³/mol. The van der Waals surface area contributed by atoms with Gasteiger partial charge >= 0.3 is 17.4 Å². The zero-order valence-electron chi connectivity index (χ0n) is 6.87. The van der Waals surface area contributed by atoms with E-state index < -0.39 is 37.5 Å². The minimum Gasteiger partial charge on any atom is -0.205 e. The maximum atomic E-state index is 12.2. The molecule has 0 aromatic carbocycles. The Hall–Kier alpha value is -0.560. The lowest BCUT2D eigenvalue weighted by atomic mass is 10.7. The highest BCUT2D eigenvalue weighted by Gasteiger charge is 2.56. The minimum absolute atomic E-state index is 0.182. The Kier molecular flexibility index (Phi) is 4.21. The first kappa shape index (κ1) is 15.4. The normalized spacial score (nSPS) is 14.8. The quantitative estimate of drug-likeness (QED) is 0.741. The van der Waals surface area contributed by atoms with Crippen molar-refractivity contribution in [1.82, 2.24) is 4.13 Å². The Labute approximate surface area is 85.5 Å². The lowest BCUT2D eigenvalue weighted by Gasteiger charge is -2.15. The Bertz CT molecular complexity index is 440. The van der Waals surface area contributed by atoms with Crippen LogP contribution in [0.2, 0.25) is 0 Å². The molecule has 16 heavy (non-hydrogen) atoms. The summed E-state index contributed by atoms with van der Waals surface area (Å²) in [4.78, 5) is 0. The summed E-state index contributed by atoms with van der Waals surface area (Å²) in [5, 5.41) is -5.80. The summed E-state index contributed by atoms with van der Waals surface area (Å²) in [5.74, 6) is -4.35. The van der Waals surface area contributed by atoms with Crippen LogP contribution in [0.3, 0.4) is 0 Å². The molecule has 0 heterocycles. The predicted octanol–water partition coefficient (Wildman–Crippen LogP) is 0.316. The molecule has 0 unspecified atom stereocenters. The highest BCUT2D eigenvalue weighted by Crippen LogP contribution is 2.29. The first-order valence-corrected chi connectivity index (χ1v) is 6.08. The van der Waals surface area contributed by atoms with Crippen molar-refractivity contribution in [1.29, 1.82) is 0 Å². The molecule has 0 aliphatic rings. The fourth-order valence-corrected chi connectivity index (χ4v) is 2.56. The molecular formula is C3H3F6NO4S2. The highest BCUT2D eigenvalue weighted by atomic mass is 32.3. The first-order valence-electron chi connectivity index (χ1n) is 3.05. The number of hydrogen-bond donors (Lipinski definition) is 1. The zero-order valence-corrected chi connectivity index (χ0v) is 8.50. The molecule has 0 fully saturated rings. The Morgan fingerprint density at radius 2 is 1.31 bits per heavy atom. The topological polar surface area (TPSA) is 80.3 Å². The van der Waals surface area contributed by atoms with Crippen LogP contribution in [0.15, 0.2) is 0 Å². The molecule has 0 rings (SSSR count). The van der Waals surface area contributed by atoms with Crippen LogP contribution in [0.5, 0.6) is 0 Å². The second kappa shape index (κ2) is 4.37. The summed E-state index contributed by atoms with van der Waals surface area (Å²) >= 11 is 0. The van der Waals surface area contributed by atoms with Gasteiger partial charge in [0.1, 0.15) is 0 Å². The van der Waals surface area contributed by atoms with E-state index in [1.807, 2.05) is 0 Å². The van der Waals surface area contributed by atoms with Crippen LogP contribution < -0.4 is 4.13 Å². The van der Waals surface area contributed by atoms with Crippen molar-refractivity contribution in [2.75, 3.05) is 0 Å². The van der Waals surface area contributed by atoms with Crippen molar-refractivity contribution in [3.63, 3.8) is 0 Å². The minimum atomic E-state index is -6.46. The summed E-state index contributed by atoms with van der Waals surface area (Å²) in [7, 11) is -12.4. The molecule has 13 heteroatoms. The summed E-state index contributed by atoms with van der Waals surface area (Å²) in [6, 6.07) is 0. The molecule has 0 aliphatic carbocycles. The molecule has 0 saturated carbocycles. The van der Waals surface area contributed by atoms with E-state index in [1.165, 1.54) is 0 Å². The van der Waals surface area contributed by atoms with Gasteiger partial charge in [-0.2, -0.15) is 17.6 Å². The number of alkyl halides is 6. The van der Waals surface area contributed by atoms with E-state index in [1.54, 1.807) is 0 Å². The summed E-state index contributed by atoms with van der Waals surface area (Å²) < 4.78 is 112. The van der Waals surface area contributed by atoms with E-state index in [0.29, 0.717) is 0 Å². The number of sulfonamides is 2. The highest BCUT2D eigenvalue weighted by molar-refractivity contribution is 8.05. The van der Waals surface area contributed by atoms with Crippen LogP contribution in [0, 0.1) is 0 Å². The third-order valence-electron chi connectivity index (χ3n) is 1.07. The van der Waals surface area contributed by atoms with Gasteiger partial charge in [0.2, 0.25) is 0 Å². The van der Waals surface area contributed by atoms with E-state index in [-0.39, 0.29) is 4.13 Å². The number of nitrogens with one attached hydrogen (secondary N) is 1. The average Bonchev–Trinajstić information content (AvgIpc) is 2.00. The fraction of sp³-hybridized carbons (Fsp3) is 1.00. The first-order chi connectivity index (χ1) is 6.84. The van der Waals surface area contributed by atoms with E-state index in [0.717, 1.165) is 0 Å². The van der Waals surface area contributed by atoms with Gasteiger partial charge in [0, 0.05) is 0 Å². The average molecular weight is 295 g/mol. The molecule has 0 radical (unpaired) electrons. The van der Waals surface area contributed by atoms with Crippen LogP contribution in [-0.2, 0) is 20.0 Å². The van der Waals surface area contributed by atoms with Crippen LogP contribution in [0.25, 0.3) is 0 Å². The van der Waals surface area contributed by atoms with Crippen molar-refractivity contribution in [3.05, 3.63) is 0 Å². The van der Waals surface area contributed by atoms with Gasteiger partial charge in [-0.05, 0) is 0 Å². The smallest absolute Gasteiger partial charge is 0.205 e. The van der Waals surface area contributed by atoms with Crippen molar-refractivity contribution >= 4 is 20.0 Å². The SMILES string of the molecule is O=S(=O)(NS(=O)(=O)C(F)(F)C(F)F)C(F)F. The molecule has 1 N–H and O–H groups in total. The second-order valence-electron chi connectivity index (χ2n) is 2.25. The van der Waals surface area contributed by atoms with Crippen LogP contribution in [0.4, 0.5) is 26.3 Å². The molecule has 0 spiro atoms. The second-order valence-corrected chi connectivity index (χ2v) is 5.92. The molecule has 0 aliphatic heterocycles. The molecule has 0 aromatic rings. The van der Waals surface area contributed by atoms with E-state index in [9.17, 15) is 43.2 Å². The fourth-order valence-electron chi connectivity index (χ4n) is 0.362. The van der Waals surface area contributed by atoms with Gasteiger partial charge in [0.25, 0.3) is 20.0 Å². The van der Waals surface area contributed by atoms with Gasteiger partial charge < -0.3 is 0 Å². The Balaban J connectivity index is 5.30. The number of rotatable bonds is 5. The molecule has 0 atom stereocenters. The van der Waals surface area contributed by atoms with Gasteiger partial charge in [0.15, 0.2) is 0 Å². The molecule has 0 amide bonds. The standard InChI is InChI=1S/C3H3F6NO4S2/c4-1(5)3(8,9)16(13,14)10-15(11,12)2(6)7/h1-2,10H. The summed E-state index contributed by atoms with van der Waals surface area (Å²) in [6.45, 7) is 0. The van der Waals surface area contributed by atoms with Crippen LogP contribution >= 0.6 is 0 Å². The third kappa shape index (κ3) is 2.98. The van der Waals surface area contributed by atoms with Gasteiger partial charge in [0.05, 0.1) is 0 Å². The largest absolute Gasteiger partial charge is 0.418 e. The van der Waals surface area contributed by atoms with Crippen LogP contribution in [0.1, 0.15) is 0 Å². The van der Waals surface area contributed by atoms with Gasteiger partial charge in [-0.15, -0.1) is 0 Å². The molecule has 0 aromatic heterocycles. The van der Waals surface area contributed by atoms with Crippen molar-refractivity contribution < 1.29 is 43.2 Å². The van der Waals surface area contributed by atoms with Gasteiger partial charge in [-0.25, -0.2) is 25.6 Å². The Morgan fingerprint density at radius 3 is 1.56 bits per heavy atom. The lowest BCUT2D eigenvalue weighted by molar-refractivity contribution is -0.0640. The van der Waals surface area contributed by atoms with Crippen molar-refractivity contribution in [2.24, 2.45) is 0 Å². The van der Waals surface area contributed by atoms with Crippen molar-refractivity contribution in [2.45, 2.75) is 17.4 Å². The maximum absolute atomic E-state index is 12.2. The number of hydrogen-bond acceptors (Lipinski definition) is 4. The summed E-state index contributed by atoms with van der Waals surface area (Å²) in [5.41, 5.74) is 0. The number of halogens is 6. The monoisotopic (exact) mass is 295 g/mol. The lowest BCUT2D eigenvalue weighted by Crippen LogP contribution is -2.48. The molecule has 98 valence electrons. The zero-order chi connectivity index (χ0) is 13.4. The third-order valence-corrected chi connectivity index (χ3v) is 4.24. The molecule has 0 saturated heterocycles. The molecule has 0 bridgehead atoms. The van der Waals surface area contributed by atoms with E-state index >= 15 is 0 Å². The maximum Gasteiger partial charge on any atom is 0.418 e. The summed E-state index contributed by atoms with van der Waals surface area (Å²) in [6.07, 6.45) is -4.77. The van der Waals surface area contributed by atoms with Crippen molar-refractivity contribution in [3.8, 4) is 0 Å². The van der Waals surface area contributed by atoms with Crippen LogP contribution in [-0.4, -0.2) is 34.3 Å². The van der Waals surface area contributed by atoms with Gasteiger partial charge in [-0.3, -0.25) is 0 Å². The van der Waals surface area contributed by atoms with E-state index in [2.05, 4.69) is 0 Å².